The second-order valence-electron chi connectivity index (χ2n) is 10.4. The molecule has 6 nitrogen and oxygen atoms in total. The molecule has 2 amide bonds. The first kappa shape index (κ1) is 32.0. The van der Waals surface area contributed by atoms with Crippen molar-refractivity contribution in [3.05, 3.63) is 101 Å². The zero-order chi connectivity index (χ0) is 31.0. The summed E-state index contributed by atoms with van der Waals surface area (Å²) in [6.45, 7) is 0.459. The summed E-state index contributed by atoms with van der Waals surface area (Å²) in [6.07, 6.45) is -5.91. The number of alkyl halides is 3. The SMILES string of the molecule is O=C(CC(F)(F)F)NC[C@@H]1CO[C@H](CCc2c(F)cccc2NC(=O)CC(c2ccc(F)cc2)c2ccc(F)cc2)CN1. The number of carbonyl (C=O) groups excluding carboxylic acids is 2. The van der Waals surface area contributed by atoms with Crippen molar-refractivity contribution >= 4 is 17.5 Å². The maximum absolute atomic E-state index is 14.9. The highest BCUT2D eigenvalue weighted by atomic mass is 19.4. The van der Waals surface area contributed by atoms with Crippen molar-refractivity contribution in [1.82, 2.24) is 10.6 Å². The molecule has 12 heteroatoms. The molecule has 0 aromatic heterocycles. The highest BCUT2D eigenvalue weighted by molar-refractivity contribution is 5.92. The van der Waals surface area contributed by atoms with Crippen LogP contribution in [0.15, 0.2) is 66.7 Å². The molecule has 1 aliphatic heterocycles. The molecule has 0 radical (unpaired) electrons. The van der Waals surface area contributed by atoms with Gasteiger partial charge in [0.1, 0.15) is 23.9 Å². The van der Waals surface area contributed by atoms with Crippen molar-refractivity contribution in [3.8, 4) is 0 Å². The number of amides is 2. The first-order valence-corrected chi connectivity index (χ1v) is 13.7. The van der Waals surface area contributed by atoms with Crippen LogP contribution in [-0.4, -0.2) is 49.8 Å². The molecule has 3 N–H and O–H groups in total. The Labute approximate surface area is 244 Å². The number of morpholine rings is 1. The lowest BCUT2D eigenvalue weighted by atomic mass is 9.88. The highest BCUT2D eigenvalue weighted by Gasteiger charge is 2.31. The average molecular weight is 608 g/mol. The van der Waals surface area contributed by atoms with Gasteiger partial charge in [0.15, 0.2) is 0 Å². The number of anilines is 1. The number of benzene rings is 3. The van der Waals surface area contributed by atoms with Crippen molar-refractivity contribution in [2.24, 2.45) is 0 Å². The van der Waals surface area contributed by atoms with E-state index in [1.807, 2.05) is 0 Å². The zero-order valence-electron chi connectivity index (χ0n) is 23.0. The van der Waals surface area contributed by atoms with Crippen LogP contribution < -0.4 is 16.0 Å². The van der Waals surface area contributed by atoms with E-state index in [2.05, 4.69) is 16.0 Å². The second-order valence-corrected chi connectivity index (χ2v) is 10.4. The molecule has 4 rings (SSSR count). The van der Waals surface area contributed by atoms with Crippen LogP contribution in [-0.2, 0) is 20.7 Å². The van der Waals surface area contributed by atoms with E-state index in [0.717, 1.165) is 0 Å². The molecular weight excluding hydrogens is 576 g/mol. The van der Waals surface area contributed by atoms with Crippen LogP contribution in [0.3, 0.4) is 0 Å². The zero-order valence-corrected chi connectivity index (χ0v) is 23.0. The van der Waals surface area contributed by atoms with Gasteiger partial charge in [0.25, 0.3) is 0 Å². The first-order chi connectivity index (χ1) is 20.5. The second kappa shape index (κ2) is 14.5. The van der Waals surface area contributed by atoms with Gasteiger partial charge in [-0.15, -0.1) is 0 Å². The van der Waals surface area contributed by atoms with Gasteiger partial charge in [0.2, 0.25) is 11.8 Å². The monoisotopic (exact) mass is 607 g/mol. The van der Waals surface area contributed by atoms with Gasteiger partial charge < -0.3 is 20.7 Å². The van der Waals surface area contributed by atoms with Crippen LogP contribution in [0, 0.1) is 17.5 Å². The van der Waals surface area contributed by atoms with E-state index in [9.17, 15) is 35.9 Å². The molecule has 1 heterocycles. The van der Waals surface area contributed by atoms with Gasteiger partial charge in [0.05, 0.1) is 12.7 Å². The summed E-state index contributed by atoms with van der Waals surface area (Å²) in [4.78, 5) is 24.6. The van der Waals surface area contributed by atoms with Gasteiger partial charge in [-0.3, -0.25) is 9.59 Å². The molecule has 0 unspecified atom stereocenters. The van der Waals surface area contributed by atoms with E-state index < -0.39 is 47.8 Å². The van der Waals surface area contributed by atoms with Crippen LogP contribution in [0.2, 0.25) is 0 Å². The van der Waals surface area contributed by atoms with Gasteiger partial charge >= 0.3 is 6.18 Å². The molecule has 3 aromatic carbocycles. The molecule has 43 heavy (non-hydrogen) atoms. The van der Waals surface area contributed by atoms with Gasteiger partial charge in [-0.1, -0.05) is 30.3 Å². The Kier molecular flexibility index (Phi) is 10.8. The minimum Gasteiger partial charge on any atom is -0.375 e. The maximum Gasteiger partial charge on any atom is 0.397 e. The molecule has 3 aromatic rings. The fraction of sp³-hybridized carbons (Fsp3) is 0.355. The number of carbonyl (C=O) groups is 2. The number of ether oxygens (including phenoxy) is 1. The quantitative estimate of drug-likeness (QED) is 0.247. The van der Waals surface area contributed by atoms with E-state index >= 15 is 0 Å². The summed E-state index contributed by atoms with van der Waals surface area (Å²) < 4.78 is 84.7. The predicted molar refractivity (Wildman–Crippen MR) is 148 cm³/mol. The average Bonchev–Trinajstić information content (AvgIpc) is 2.95. The summed E-state index contributed by atoms with van der Waals surface area (Å²) in [5, 5.41) is 8.12. The fourth-order valence-corrected chi connectivity index (χ4v) is 4.91. The summed E-state index contributed by atoms with van der Waals surface area (Å²) in [6, 6.07) is 15.3. The van der Waals surface area contributed by atoms with E-state index in [1.54, 1.807) is 30.3 Å². The third kappa shape index (κ3) is 9.82. The van der Waals surface area contributed by atoms with Crippen molar-refractivity contribution < 1.29 is 40.7 Å². The molecule has 1 aliphatic rings. The molecule has 2 atom stereocenters. The lowest BCUT2D eigenvalue weighted by Crippen LogP contribution is -2.51. The van der Waals surface area contributed by atoms with Crippen LogP contribution in [0.25, 0.3) is 0 Å². The number of hydrogen-bond acceptors (Lipinski definition) is 4. The Morgan fingerprint density at radius 1 is 0.907 bits per heavy atom. The minimum absolute atomic E-state index is 0.0258. The largest absolute Gasteiger partial charge is 0.397 e. The number of rotatable bonds is 11. The van der Waals surface area contributed by atoms with Crippen LogP contribution in [0.1, 0.15) is 41.9 Å². The number of halogens is 6. The van der Waals surface area contributed by atoms with Gasteiger partial charge in [-0.05, 0) is 60.4 Å². The molecule has 0 bridgehead atoms. The molecule has 0 aliphatic carbocycles. The van der Waals surface area contributed by atoms with Gasteiger partial charge in [-0.2, -0.15) is 13.2 Å². The highest BCUT2D eigenvalue weighted by Crippen LogP contribution is 2.30. The lowest BCUT2D eigenvalue weighted by Gasteiger charge is -2.30. The van der Waals surface area contributed by atoms with Crippen molar-refractivity contribution in [2.75, 3.05) is 25.0 Å². The van der Waals surface area contributed by atoms with Crippen LogP contribution in [0.4, 0.5) is 32.0 Å². The summed E-state index contributed by atoms with van der Waals surface area (Å²) >= 11 is 0. The fourth-order valence-electron chi connectivity index (χ4n) is 4.91. The van der Waals surface area contributed by atoms with E-state index in [0.29, 0.717) is 24.1 Å². The Bertz CT molecular complexity index is 1330. The summed E-state index contributed by atoms with van der Waals surface area (Å²) in [7, 11) is 0. The molecule has 1 saturated heterocycles. The molecule has 0 spiro atoms. The Balaban J connectivity index is 1.34. The summed E-state index contributed by atoms with van der Waals surface area (Å²) in [5.74, 6) is -3.43. The maximum atomic E-state index is 14.9. The van der Waals surface area contributed by atoms with Gasteiger partial charge in [0, 0.05) is 42.7 Å². The topological polar surface area (TPSA) is 79.5 Å². The van der Waals surface area contributed by atoms with Crippen LogP contribution >= 0.6 is 0 Å². The normalized spacial score (nSPS) is 17.1. The minimum atomic E-state index is -4.58. The molecular formula is C31H31F6N3O3. The standard InChI is InChI=1S/C31H31F6N3O3/c32-21-8-4-19(5-9-21)26(20-6-10-22(33)11-7-20)14-29(41)40-28-3-1-2-27(34)25(28)13-12-24-17-38-23(18-43-24)16-39-30(42)15-31(35,36)37/h1-11,23-24,26,38H,12-18H2,(H,39,42)(H,40,41)/t23-,24-/m1/s1. The van der Waals surface area contributed by atoms with E-state index in [1.165, 1.54) is 36.4 Å². The predicted octanol–water partition coefficient (Wildman–Crippen LogP) is 5.62. The lowest BCUT2D eigenvalue weighted by molar-refractivity contribution is -0.153. The third-order valence-electron chi connectivity index (χ3n) is 7.12. The number of hydrogen-bond donors (Lipinski definition) is 3. The Morgan fingerprint density at radius 3 is 2.09 bits per heavy atom. The van der Waals surface area contributed by atoms with E-state index in [-0.39, 0.29) is 49.4 Å². The van der Waals surface area contributed by atoms with Crippen molar-refractivity contribution in [1.29, 1.82) is 0 Å². The van der Waals surface area contributed by atoms with Crippen molar-refractivity contribution in [2.45, 2.75) is 49.9 Å². The molecule has 230 valence electrons. The molecule has 1 fully saturated rings. The smallest absolute Gasteiger partial charge is 0.375 e. The first-order valence-electron chi connectivity index (χ1n) is 13.7. The number of nitrogens with one attached hydrogen (secondary N) is 3. The molecule has 0 saturated carbocycles. The Morgan fingerprint density at radius 2 is 1.53 bits per heavy atom. The van der Waals surface area contributed by atoms with Gasteiger partial charge in [-0.25, -0.2) is 13.2 Å². The van der Waals surface area contributed by atoms with Crippen molar-refractivity contribution in [3.63, 3.8) is 0 Å². The third-order valence-corrected chi connectivity index (χ3v) is 7.12. The van der Waals surface area contributed by atoms with E-state index in [4.69, 9.17) is 4.74 Å². The summed E-state index contributed by atoms with van der Waals surface area (Å²) in [5.41, 5.74) is 1.88. The Hall–Kier alpha value is -3.90. The van der Waals surface area contributed by atoms with Crippen LogP contribution in [0.5, 0.6) is 0 Å².